The molecule has 4 saturated carbocycles. The number of carbonyl (C=O) groups is 2. The van der Waals surface area contributed by atoms with Crippen LogP contribution in [0, 0.1) is 34.5 Å². The molecule has 5 aliphatic heterocycles. The standard InChI is InChI=1S/C49H76O20/c1-21-43(67-37-16-31(53)44(22(2)62-37)68-38-17-33(64-24(4)51)45(23(3)63-38)69-46-42(58)41(57)40(56)34(19-50)66-46)30(52)15-36(61-21)65-27-9-11-47(5)26(14-27)7-8-29-28(47)10-12-48(6)39(25-13-35(55)60-20-25)32(54)18-49(29,48)59/h13,21-23,26-34,36-46,50,52-54,56-59H,7-12,14-20H2,1-6H3/t21?,22?,23?,26-,27+,28?,29-,30?,31?,32+,33?,34?,36?,37?,38?,39+,40?,41?,42?,43?,44?,45?,46?,47+,48-,49+/m1/s1. The second-order valence-electron chi connectivity index (χ2n) is 22.3. The van der Waals surface area contributed by atoms with Crippen molar-refractivity contribution < 1.29 is 97.8 Å². The van der Waals surface area contributed by atoms with Crippen LogP contribution in [0.15, 0.2) is 11.6 Å². The number of rotatable bonds is 11. The molecule has 9 aliphatic rings. The Hall–Kier alpha value is -1.96. The van der Waals surface area contributed by atoms with Gasteiger partial charge in [-0.15, -0.1) is 0 Å². The van der Waals surface area contributed by atoms with E-state index < -0.39 is 134 Å². The van der Waals surface area contributed by atoms with E-state index in [1.807, 2.05) is 6.92 Å². The highest BCUT2D eigenvalue weighted by atomic mass is 16.8. The van der Waals surface area contributed by atoms with Crippen LogP contribution >= 0.6 is 0 Å². The normalized spacial score (nSPS) is 53.3. The Morgan fingerprint density at radius 3 is 1.93 bits per heavy atom. The number of cyclic esters (lactones) is 1. The van der Waals surface area contributed by atoms with Crippen LogP contribution in [0.3, 0.4) is 0 Å². The molecule has 4 saturated heterocycles. The van der Waals surface area contributed by atoms with Crippen molar-refractivity contribution in [2.75, 3.05) is 13.2 Å². The van der Waals surface area contributed by atoms with E-state index in [1.165, 1.54) is 13.0 Å². The van der Waals surface area contributed by atoms with Crippen LogP contribution in [0.4, 0.5) is 0 Å². The third-order valence-corrected chi connectivity index (χ3v) is 18.2. The van der Waals surface area contributed by atoms with Crippen molar-refractivity contribution in [3.05, 3.63) is 11.6 Å². The van der Waals surface area contributed by atoms with E-state index in [4.69, 9.17) is 47.4 Å². The van der Waals surface area contributed by atoms with Gasteiger partial charge in [0.15, 0.2) is 25.2 Å². The van der Waals surface area contributed by atoms with Crippen LogP contribution in [0.1, 0.15) is 112 Å². The molecule has 4 aliphatic carbocycles. The summed E-state index contributed by atoms with van der Waals surface area (Å²) < 4.78 is 60.1. The maximum absolute atomic E-state index is 12.6. The second kappa shape index (κ2) is 20.0. The summed E-state index contributed by atoms with van der Waals surface area (Å²) in [7, 11) is 0. The van der Waals surface area contributed by atoms with E-state index in [1.54, 1.807) is 13.8 Å². The fourth-order valence-corrected chi connectivity index (χ4v) is 14.7. The van der Waals surface area contributed by atoms with Crippen molar-refractivity contribution in [3.63, 3.8) is 0 Å². The van der Waals surface area contributed by atoms with E-state index in [0.717, 1.165) is 50.5 Å². The Morgan fingerprint density at radius 2 is 1.33 bits per heavy atom. The zero-order valence-electron chi connectivity index (χ0n) is 40.5. The number of carbonyl (C=O) groups excluding carboxylic acids is 2. The summed E-state index contributed by atoms with van der Waals surface area (Å²) in [5.74, 6) is -0.609. The smallest absolute Gasteiger partial charge is 0.331 e. The predicted molar refractivity (Wildman–Crippen MR) is 235 cm³/mol. The lowest BCUT2D eigenvalue weighted by molar-refractivity contribution is -0.355. The third kappa shape index (κ3) is 9.59. The first-order chi connectivity index (χ1) is 32.6. The molecule has 8 fully saturated rings. The summed E-state index contributed by atoms with van der Waals surface area (Å²) in [4.78, 5) is 24.2. The van der Waals surface area contributed by atoms with Crippen molar-refractivity contribution in [3.8, 4) is 0 Å². The topological polar surface area (TPSA) is 288 Å². The van der Waals surface area contributed by atoms with Gasteiger partial charge in [0.05, 0.1) is 54.9 Å². The lowest BCUT2D eigenvalue weighted by Gasteiger charge is -2.63. The molecular formula is C49H76O20. The Kier molecular flexibility index (Phi) is 15.1. The van der Waals surface area contributed by atoms with Crippen LogP contribution in [0.5, 0.6) is 0 Å². The van der Waals surface area contributed by atoms with Gasteiger partial charge in [-0.1, -0.05) is 13.8 Å². The minimum atomic E-state index is -1.68. The molecule has 20 heteroatoms. The summed E-state index contributed by atoms with van der Waals surface area (Å²) in [5.41, 5.74) is -0.809. The summed E-state index contributed by atoms with van der Waals surface area (Å²) >= 11 is 0. The summed E-state index contributed by atoms with van der Waals surface area (Å²) in [6.45, 7) is 10.4. The van der Waals surface area contributed by atoms with E-state index in [9.17, 15) is 50.4 Å². The molecule has 0 amide bonds. The van der Waals surface area contributed by atoms with Crippen LogP contribution in [0.2, 0.25) is 0 Å². The Bertz CT molecular complexity index is 1850. The third-order valence-electron chi connectivity index (χ3n) is 18.2. The molecule has 69 heavy (non-hydrogen) atoms. The number of aliphatic hydroxyl groups is 8. The molecule has 0 aromatic rings. The minimum Gasteiger partial charge on any atom is -0.459 e. The van der Waals surface area contributed by atoms with E-state index >= 15 is 0 Å². The Labute approximate surface area is 402 Å². The average molecular weight is 985 g/mol. The lowest BCUT2D eigenvalue weighted by atomic mass is 9.43. The van der Waals surface area contributed by atoms with Crippen molar-refractivity contribution in [1.82, 2.24) is 0 Å². The van der Waals surface area contributed by atoms with Gasteiger partial charge in [0.2, 0.25) is 0 Å². The largest absolute Gasteiger partial charge is 0.459 e. The first kappa shape index (κ1) is 51.9. The lowest BCUT2D eigenvalue weighted by Crippen LogP contribution is -2.62. The van der Waals surface area contributed by atoms with Gasteiger partial charge < -0.3 is 88.2 Å². The van der Waals surface area contributed by atoms with Crippen LogP contribution in [-0.2, 0) is 57.0 Å². The highest BCUT2D eigenvalue weighted by Crippen LogP contribution is 2.70. The van der Waals surface area contributed by atoms with E-state index in [0.29, 0.717) is 18.3 Å². The molecule has 5 heterocycles. The molecule has 392 valence electrons. The Morgan fingerprint density at radius 1 is 0.710 bits per heavy atom. The number of ether oxygens (including phenoxy) is 10. The van der Waals surface area contributed by atoms with Crippen LogP contribution in [-0.4, -0.2) is 188 Å². The molecule has 0 bridgehead atoms. The minimum absolute atomic E-state index is 0.000687. The maximum Gasteiger partial charge on any atom is 0.331 e. The van der Waals surface area contributed by atoms with Crippen LogP contribution in [0.25, 0.3) is 0 Å². The molecule has 0 aromatic heterocycles. The number of fused-ring (bicyclic) bond motifs is 5. The van der Waals surface area contributed by atoms with Crippen molar-refractivity contribution in [2.45, 2.75) is 234 Å². The quantitative estimate of drug-likeness (QED) is 0.104. The molecule has 0 radical (unpaired) electrons. The molecule has 0 aromatic carbocycles. The van der Waals surface area contributed by atoms with E-state index in [2.05, 4.69) is 13.8 Å². The SMILES string of the molecule is CC(=O)OC1CC(OC2C(O)CC(OC3C(O)CC(O[C@H]4CC[C@]5(C)C6CC[C@]7(C)[C@@H](C8=CC(=O)OC8)[C@@H](O)C[C@]7(O)[C@@H]6CC[C@@H]5C4)OC3C)OC2C)OC(C)C1OC1OC(CO)C(O)C(O)C1O. The second-order valence-corrected chi connectivity index (χ2v) is 22.3. The molecule has 18 unspecified atom stereocenters. The zero-order chi connectivity index (χ0) is 49.5. The average Bonchev–Trinajstić information content (AvgIpc) is 3.79. The van der Waals surface area contributed by atoms with Gasteiger partial charge in [0.25, 0.3) is 0 Å². The fourth-order valence-electron chi connectivity index (χ4n) is 14.7. The van der Waals surface area contributed by atoms with Gasteiger partial charge in [-0.3, -0.25) is 4.79 Å². The number of hydrogen-bond donors (Lipinski definition) is 8. The first-order valence-corrected chi connectivity index (χ1v) is 25.3. The highest BCUT2D eigenvalue weighted by molar-refractivity contribution is 5.85. The monoisotopic (exact) mass is 984 g/mol. The fraction of sp³-hybridized carbons (Fsp3) is 0.918. The molecular weight excluding hydrogens is 909 g/mol. The Balaban J connectivity index is 0.749. The van der Waals surface area contributed by atoms with Crippen LogP contribution < -0.4 is 0 Å². The van der Waals surface area contributed by atoms with Crippen molar-refractivity contribution in [1.29, 1.82) is 0 Å². The van der Waals surface area contributed by atoms with Crippen molar-refractivity contribution in [2.24, 2.45) is 34.5 Å². The number of hydrogen-bond acceptors (Lipinski definition) is 20. The van der Waals surface area contributed by atoms with Gasteiger partial charge >= 0.3 is 11.9 Å². The molecule has 0 spiro atoms. The zero-order valence-corrected chi connectivity index (χ0v) is 40.5. The van der Waals surface area contributed by atoms with Gasteiger partial charge in [-0.05, 0) is 94.5 Å². The maximum atomic E-state index is 12.6. The van der Waals surface area contributed by atoms with Gasteiger partial charge in [0.1, 0.15) is 55.4 Å². The van der Waals surface area contributed by atoms with Gasteiger partial charge in [0, 0.05) is 50.0 Å². The number of aliphatic hydroxyl groups excluding tert-OH is 7. The van der Waals surface area contributed by atoms with E-state index in [-0.39, 0.29) is 55.2 Å². The number of esters is 2. The molecule has 20 nitrogen and oxygen atoms in total. The van der Waals surface area contributed by atoms with Gasteiger partial charge in [-0.2, -0.15) is 0 Å². The summed E-state index contributed by atoms with van der Waals surface area (Å²) in [6.07, 6.45) is -10.8. The summed E-state index contributed by atoms with van der Waals surface area (Å²) in [6, 6.07) is 0. The highest BCUT2D eigenvalue weighted by Gasteiger charge is 2.70. The molecule has 9 rings (SSSR count). The summed E-state index contributed by atoms with van der Waals surface area (Å²) in [5, 5.41) is 87.5. The van der Waals surface area contributed by atoms with Crippen molar-refractivity contribution >= 4 is 11.9 Å². The predicted octanol–water partition coefficient (Wildman–Crippen LogP) is 0.613. The molecule has 26 atom stereocenters. The molecule has 8 N–H and O–H groups in total. The van der Waals surface area contributed by atoms with Gasteiger partial charge in [-0.25, -0.2) is 4.79 Å². The first-order valence-electron chi connectivity index (χ1n) is 25.3.